The second-order valence-corrected chi connectivity index (χ2v) is 9.07. The first-order valence-electron chi connectivity index (χ1n) is 8.98. The summed E-state index contributed by atoms with van der Waals surface area (Å²) in [7, 11) is -3.26. The van der Waals surface area contributed by atoms with E-state index in [1.54, 1.807) is 12.1 Å². The van der Waals surface area contributed by atoms with Gasteiger partial charge in [0.15, 0.2) is 0 Å². The van der Waals surface area contributed by atoms with Crippen LogP contribution in [0, 0.1) is 0 Å². The number of benzene rings is 1. The van der Waals surface area contributed by atoms with Crippen LogP contribution >= 0.6 is 0 Å². The third-order valence-electron chi connectivity index (χ3n) is 4.95. The lowest BCUT2D eigenvalue weighted by Crippen LogP contribution is -2.43. The van der Waals surface area contributed by atoms with Crippen molar-refractivity contribution in [2.75, 3.05) is 36.7 Å². The van der Waals surface area contributed by atoms with Crippen LogP contribution in [0.1, 0.15) is 42.1 Å². The Labute approximate surface area is 150 Å². The number of piperidine rings is 1. The monoisotopic (exact) mass is 365 g/mol. The van der Waals surface area contributed by atoms with Crippen LogP contribution < -0.4 is 9.62 Å². The highest BCUT2D eigenvalue weighted by atomic mass is 32.2. The number of carbonyl (C=O) groups excluding carboxylic acids is 1. The molecule has 0 saturated carbocycles. The molecule has 25 heavy (non-hydrogen) atoms. The quantitative estimate of drug-likeness (QED) is 0.861. The number of sulfonamides is 1. The minimum Gasteiger partial charge on any atom is -0.348 e. The van der Waals surface area contributed by atoms with Crippen LogP contribution in [0.25, 0.3) is 0 Å². The lowest BCUT2D eigenvalue weighted by molar-refractivity contribution is 0.0925. The van der Waals surface area contributed by atoms with Gasteiger partial charge in [0.05, 0.1) is 11.9 Å². The van der Waals surface area contributed by atoms with Gasteiger partial charge in [0.2, 0.25) is 10.0 Å². The molecule has 0 aromatic heterocycles. The van der Waals surface area contributed by atoms with Crippen LogP contribution in [0.3, 0.4) is 0 Å². The molecule has 6 nitrogen and oxygen atoms in total. The van der Waals surface area contributed by atoms with E-state index in [1.807, 2.05) is 13.0 Å². The van der Waals surface area contributed by atoms with Crippen molar-refractivity contribution in [1.29, 1.82) is 0 Å². The Morgan fingerprint density at radius 3 is 2.60 bits per heavy atom. The van der Waals surface area contributed by atoms with Crippen molar-refractivity contribution in [3.05, 3.63) is 29.3 Å². The Hall–Kier alpha value is -1.60. The number of hydrogen-bond acceptors (Lipinski definition) is 4. The van der Waals surface area contributed by atoms with E-state index in [0.717, 1.165) is 25.2 Å². The third-order valence-corrected chi connectivity index (χ3v) is 6.13. The van der Waals surface area contributed by atoms with Crippen molar-refractivity contribution in [2.45, 2.75) is 38.6 Å². The van der Waals surface area contributed by atoms with E-state index in [1.165, 1.54) is 29.8 Å². The summed E-state index contributed by atoms with van der Waals surface area (Å²) in [6.07, 6.45) is 5.64. The molecule has 1 saturated heterocycles. The Morgan fingerprint density at radius 1 is 1.20 bits per heavy atom. The molecule has 2 heterocycles. The van der Waals surface area contributed by atoms with Gasteiger partial charge >= 0.3 is 0 Å². The summed E-state index contributed by atoms with van der Waals surface area (Å²) in [5.41, 5.74) is 2.21. The Kier molecular flexibility index (Phi) is 5.34. The zero-order valence-electron chi connectivity index (χ0n) is 15.0. The molecule has 1 atom stereocenters. The molecule has 1 aromatic carbocycles. The molecular formula is C18H27N3O3S. The number of hydrogen-bond donors (Lipinski definition) is 1. The van der Waals surface area contributed by atoms with Crippen molar-refractivity contribution >= 4 is 21.6 Å². The molecular weight excluding hydrogens is 338 g/mol. The van der Waals surface area contributed by atoms with Gasteiger partial charge < -0.3 is 10.2 Å². The van der Waals surface area contributed by atoms with Crippen molar-refractivity contribution in [2.24, 2.45) is 0 Å². The molecule has 2 aliphatic heterocycles. The summed E-state index contributed by atoms with van der Waals surface area (Å²) < 4.78 is 25.0. The summed E-state index contributed by atoms with van der Waals surface area (Å²) in [6, 6.07) is 5.37. The minimum absolute atomic E-state index is 0.0892. The van der Waals surface area contributed by atoms with Gasteiger partial charge in [0.25, 0.3) is 5.91 Å². The van der Waals surface area contributed by atoms with Gasteiger partial charge in [-0.1, -0.05) is 6.42 Å². The van der Waals surface area contributed by atoms with E-state index in [2.05, 4.69) is 10.2 Å². The summed E-state index contributed by atoms with van der Waals surface area (Å²) in [6.45, 7) is 5.58. The van der Waals surface area contributed by atoms with Crippen LogP contribution in [0.15, 0.2) is 18.2 Å². The zero-order chi connectivity index (χ0) is 18.0. The van der Waals surface area contributed by atoms with Gasteiger partial charge in [-0.3, -0.25) is 9.10 Å². The molecule has 1 aromatic rings. The first-order chi connectivity index (χ1) is 11.8. The lowest BCUT2D eigenvalue weighted by Gasteiger charge is -2.29. The van der Waals surface area contributed by atoms with Gasteiger partial charge in [0.1, 0.15) is 0 Å². The van der Waals surface area contributed by atoms with Crippen molar-refractivity contribution in [3.8, 4) is 0 Å². The molecule has 138 valence electrons. The first kappa shape index (κ1) is 18.2. The summed E-state index contributed by atoms with van der Waals surface area (Å²) in [4.78, 5) is 14.9. The predicted octanol–water partition coefficient (Wildman–Crippen LogP) is 1.61. The number of fused-ring (bicyclic) bond motifs is 1. The number of anilines is 1. The number of amides is 1. The number of nitrogens with one attached hydrogen (secondary N) is 1. The summed E-state index contributed by atoms with van der Waals surface area (Å²) in [5.74, 6) is -0.0925. The second-order valence-electron chi connectivity index (χ2n) is 7.16. The van der Waals surface area contributed by atoms with Crippen molar-refractivity contribution in [1.82, 2.24) is 10.2 Å². The minimum atomic E-state index is -3.26. The Bertz CT molecular complexity index is 742. The van der Waals surface area contributed by atoms with Crippen LogP contribution in [0.5, 0.6) is 0 Å². The fourth-order valence-electron chi connectivity index (χ4n) is 3.74. The van der Waals surface area contributed by atoms with E-state index in [0.29, 0.717) is 24.2 Å². The molecule has 7 heteroatoms. The van der Waals surface area contributed by atoms with Crippen LogP contribution in [0.4, 0.5) is 5.69 Å². The van der Waals surface area contributed by atoms with Gasteiger partial charge in [0, 0.05) is 24.7 Å². The number of likely N-dealkylation sites (tertiary alicyclic amines) is 1. The van der Waals surface area contributed by atoms with E-state index in [-0.39, 0.29) is 11.9 Å². The fraction of sp³-hybridized carbons (Fsp3) is 0.611. The molecule has 1 amide bonds. The SMILES string of the molecule is CC(CN1CCCCC1)NC(=O)c1ccc2c(c1)CCN2S(C)(=O)=O. The van der Waals surface area contributed by atoms with Gasteiger partial charge in [-0.15, -0.1) is 0 Å². The zero-order valence-corrected chi connectivity index (χ0v) is 15.8. The number of nitrogens with zero attached hydrogens (tertiary/aromatic N) is 2. The molecule has 1 N–H and O–H groups in total. The average molecular weight is 365 g/mol. The largest absolute Gasteiger partial charge is 0.348 e. The normalized spacial score (nSPS) is 19.5. The lowest BCUT2D eigenvalue weighted by atomic mass is 10.1. The summed E-state index contributed by atoms with van der Waals surface area (Å²) >= 11 is 0. The summed E-state index contributed by atoms with van der Waals surface area (Å²) in [5, 5.41) is 3.06. The topological polar surface area (TPSA) is 69.7 Å². The maximum absolute atomic E-state index is 12.5. The highest BCUT2D eigenvalue weighted by Gasteiger charge is 2.27. The standard InChI is InChI=1S/C18H27N3O3S/c1-14(13-20-9-4-3-5-10-20)19-18(22)16-6-7-17-15(12-16)8-11-21(17)25(2,23)24/h6-7,12,14H,3-5,8-11,13H2,1-2H3,(H,19,22). The predicted molar refractivity (Wildman–Crippen MR) is 99.6 cm³/mol. The molecule has 3 rings (SSSR count). The number of rotatable bonds is 5. The molecule has 0 radical (unpaired) electrons. The smallest absolute Gasteiger partial charge is 0.251 e. The van der Waals surface area contributed by atoms with Gasteiger partial charge in [-0.25, -0.2) is 8.42 Å². The van der Waals surface area contributed by atoms with Crippen LogP contribution in [0.2, 0.25) is 0 Å². The molecule has 2 aliphatic rings. The maximum atomic E-state index is 12.5. The van der Waals surface area contributed by atoms with E-state index in [4.69, 9.17) is 0 Å². The molecule has 0 spiro atoms. The second kappa shape index (κ2) is 7.33. The highest BCUT2D eigenvalue weighted by Crippen LogP contribution is 2.30. The highest BCUT2D eigenvalue weighted by molar-refractivity contribution is 7.92. The molecule has 0 bridgehead atoms. The van der Waals surface area contributed by atoms with Crippen LogP contribution in [-0.2, 0) is 16.4 Å². The Morgan fingerprint density at radius 2 is 1.92 bits per heavy atom. The number of carbonyl (C=O) groups is 1. The first-order valence-corrected chi connectivity index (χ1v) is 10.8. The van der Waals surface area contributed by atoms with Crippen LogP contribution in [-0.4, -0.2) is 57.7 Å². The molecule has 0 aliphatic carbocycles. The Balaban J connectivity index is 1.63. The molecule has 1 fully saturated rings. The van der Waals surface area contributed by atoms with Gasteiger partial charge in [-0.05, 0) is 63.0 Å². The fourth-order valence-corrected chi connectivity index (χ4v) is 4.70. The molecule has 1 unspecified atom stereocenters. The maximum Gasteiger partial charge on any atom is 0.251 e. The van der Waals surface area contributed by atoms with Crippen molar-refractivity contribution < 1.29 is 13.2 Å². The van der Waals surface area contributed by atoms with E-state index < -0.39 is 10.0 Å². The third kappa shape index (κ3) is 4.33. The average Bonchev–Trinajstić information content (AvgIpc) is 2.98. The van der Waals surface area contributed by atoms with E-state index >= 15 is 0 Å². The van der Waals surface area contributed by atoms with E-state index in [9.17, 15) is 13.2 Å². The van der Waals surface area contributed by atoms with Crippen molar-refractivity contribution in [3.63, 3.8) is 0 Å². The van der Waals surface area contributed by atoms with Gasteiger partial charge in [-0.2, -0.15) is 0 Å².